The van der Waals surface area contributed by atoms with E-state index in [1.54, 1.807) is 0 Å². The molecule has 8 aromatic carbocycles. The minimum absolute atomic E-state index is 0.0129. The number of rotatable bonds is 29. The van der Waals surface area contributed by atoms with E-state index >= 15 is 0 Å². The highest BCUT2D eigenvalue weighted by Gasteiger charge is 2.56. The van der Waals surface area contributed by atoms with Gasteiger partial charge in [0.25, 0.3) is 0 Å². The van der Waals surface area contributed by atoms with Crippen LogP contribution in [0.4, 0.5) is 0 Å². The Kier molecular flexibility index (Phi) is 23.1. The van der Waals surface area contributed by atoms with E-state index in [1.165, 1.54) is 0 Å². The normalized spacial score (nSPS) is 26.5. The summed E-state index contributed by atoms with van der Waals surface area (Å²) in [5.41, 5.74) is 7.55. The molecule has 0 aliphatic carbocycles. The fourth-order valence-electron chi connectivity index (χ4n) is 11.1. The first-order valence-electron chi connectivity index (χ1n) is 30.1. The smallest absolute Gasteiger partial charge is 0.187 e. The highest BCUT2D eigenvalue weighted by molar-refractivity contribution is 5.20. The molecule has 3 fully saturated rings. The molecule has 3 aliphatic rings. The van der Waals surface area contributed by atoms with Gasteiger partial charge < -0.3 is 66.7 Å². The molecule has 14 atom stereocenters. The maximum atomic E-state index is 12.3. The number of aliphatic hydroxyl groups excluding tert-OH is 1. The van der Waals surface area contributed by atoms with Gasteiger partial charge in [-0.05, 0) is 51.4 Å². The third kappa shape index (κ3) is 17.7. The van der Waals surface area contributed by atoms with E-state index in [-0.39, 0.29) is 66.1 Å². The van der Waals surface area contributed by atoms with E-state index in [9.17, 15) is 5.11 Å². The van der Waals surface area contributed by atoms with Crippen LogP contribution in [0.3, 0.4) is 0 Å². The Labute approximate surface area is 510 Å². The van der Waals surface area contributed by atoms with E-state index in [0.29, 0.717) is 0 Å². The first kappa shape index (κ1) is 61.8. The summed E-state index contributed by atoms with van der Waals surface area (Å²) in [6.07, 6.45) is -13.8. The third-order valence-corrected chi connectivity index (χ3v) is 15.7. The summed E-state index contributed by atoms with van der Waals surface area (Å²) in [5, 5.41) is 12.3. The lowest BCUT2D eigenvalue weighted by atomic mass is 9.96. The van der Waals surface area contributed by atoms with E-state index in [1.807, 2.05) is 250 Å². The van der Waals surface area contributed by atoms with Gasteiger partial charge >= 0.3 is 0 Å². The van der Waals surface area contributed by atoms with Crippen LogP contribution in [-0.2, 0) is 114 Å². The maximum absolute atomic E-state index is 12.3. The zero-order valence-electron chi connectivity index (χ0n) is 49.0. The van der Waals surface area contributed by atoms with Crippen LogP contribution >= 0.6 is 0 Å². The minimum atomic E-state index is -1.51. The van der Waals surface area contributed by atoms with Gasteiger partial charge in [-0.25, -0.2) is 0 Å². The van der Waals surface area contributed by atoms with E-state index < -0.39 is 86.0 Å². The number of aliphatic hydroxyl groups is 1. The molecule has 3 saturated heterocycles. The molecule has 3 heterocycles. The van der Waals surface area contributed by atoms with Crippen molar-refractivity contribution in [3.8, 4) is 0 Å². The molecule has 0 bridgehead atoms. The van der Waals surface area contributed by atoms with Crippen molar-refractivity contribution >= 4 is 0 Å². The molecule has 14 nitrogen and oxygen atoms in total. The van der Waals surface area contributed by atoms with Crippen LogP contribution in [0.5, 0.6) is 0 Å². The van der Waals surface area contributed by atoms with Crippen molar-refractivity contribution in [2.75, 3.05) is 13.2 Å². The second kappa shape index (κ2) is 32.4. The lowest BCUT2D eigenvalue weighted by Gasteiger charge is -2.51. The lowest BCUT2D eigenvalue weighted by Crippen LogP contribution is -2.67. The van der Waals surface area contributed by atoms with Crippen molar-refractivity contribution in [3.63, 3.8) is 0 Å². The zero-order valence-corrected chi connectivity index (χ0v) is 49.0. The van der Waals surface area contributed by atoms with Gasteiger partial charge in [-0.3, -0.25) is 0 Å². The van der Waals surface area contributed by atoms with Gasteiger partial charge in [0.1, 0.15) is 61.0 Å². The van der Waals surface area contributed by atoms with Crippen LogP contribution in [0, 0.1) is 0 Å². The van der Waals surface area contributed by atoms with Crippen LogP contribution in [-0.4, -0.2) is 104 Å². The van der Waals surface area contributed by atoms with Crippen LogP contribution in [0.2, 0.25) is 0 Å². The largest absolute Gasteiger partial charge is 0.374 e. The molecule has 0 aromatic heterocycles. The second-order valence-electron chi connectivity index (χ2n) is 22.1. The minimum Gasteiger partial charge on any atom is -0.374 e. The highest BCUT2D eigenvalue weighted by atomic mass is 16.8. The number of ether oxygens (including phenoxy) is 13. The Morgan fingerprint density at radius 1 is 0.322 bits per heavy atom. The standard InChI is InChI=1S/C73H78O14/c1-52-63(77-44-55-30-14-4-15-31-55)66(80-47-58-36-20-7-21-37-58)69(82-49-60-40-24-9-25-41-60)72(84-52)87-70-67(81-48-59-38-22-8-23-39-59)65(79-46-57-34-18-6-19-35-57)62(50-75-42-53-26-10-2-11-27-53)85-73(70)86-68-64(78-45-56-32-16-5-17-33-56)61(51-83-71(68)74)76-43-54-28-12-3-13-29-54/h2-41,52,61-74H,42-51H2,1H3/t52-,61+,62-,63-,64-,65-,66+,67-,68-,69-,70+,71+,72-,73+/m1/s1. The van der Waals surface area contributed by atoms with E-state index in [4.69, 9.17) is 61.6 Å². The predicted molar refractivity (Wildman–Crippen MR) is 326 cm³/mol. The van der Waals surface area contributed by atoms with Gasteiger partial charge in [-0.15, -0.1) is 0 Å². The molecule has 0 saturated carbocycles. The molecule has 3 aliphatic heterocycles. The summed E-state index contributed by atoms with van der Waals surface area (Å²) >= 11 is 0. The summed E-state index contributed by atoms with van der Waals surface area (Å²) in [6, 6.07) is 79.5. The molecule has 87 heavy (non-hydrogen) atoms. The van der Waals surface area contributed by atoms with Gasteiger partial charge in [0.05, 0.1) is 72.2 Å². The van der Waals surface area contributed by atoms with Crippen molar-refractivity contribution in [2.24, 2.45) is 0 Å². The highest BCUT2D eigenvalue weighted by Crippen LogP contribution is 2.39. The average molecular weight is 1180 g/mol. The van der Waals surface area contributed by atoms with Crippen molar-refractivity contribution in [1.82, 2.24) is 0 Å². The molecule has 14 heteroatoms. The molecule has 1 N–H and O–H groups in total. The molecule has 0 amide bonds. The Hall–Kier alpha value is -6.80. The number of hydrogen-bond acceptors (Lipinski definition) is 14. The van der Waals surface area contributed by atoms with E-state index in [0.717, 1.165) is 44.5 Å². The summed E-state index contributed by atoms with van der Waals surface area (Å²) < 4.78 is 91.2. The van der Waals surface area contributed by atoms with Gasteiger partial charge in [-0.1, -0.05) is 243 Å². The lowest BCUT2D eigenvalue weighted by molar-refractivity contribution is -0.398. The van der Waals surface area contributed by atoms with Gasteiger partial charge in [0, 0.05) is 0 Å². The SMILES string of the molecule is C[C@H]1O[C@H](O[C@@H]2[C@H](O[C@@H]3[C@H](OCc4ccccc4)[C@@H](OCc4ccccc4)CO[C@@H]3O)O[C@H](COCc3ccccc3)[C@@H](OCc3ccccc3)[C@H]2OCc2ccccc2)[C@H](OCc2ccccc2)[C@@H](OCc2ccccc2)[C@@H]1OCc1ccccc1. The van der Waals surface area contributed by atoms with Crippen LogP contribution in [0.1, 0.15) is 51.4 Å². The second-order valence-corrected chi connectivity index (χ2v) is 22.1. The van der Waals surface area contributed by atoms with Crippen LogP contribution in [0.25, 0.3) is 0 Å². The molecule has 11 rings (SSSR count). The molecule has 0 unspecified atom stereocenters. The van der Waals surface area contributed by atoms with Crippen molar-refractivity contribution in [1.29, 1.82) is 0 Å². The topological polar surface area (TPSA) is 140 Å². The molecular weight excluding hydrogens is 1100 g/mol. The average Bonchev–Trinajstić information content (AvgIpc) is 1.96. The molecule has 0 radical (unpaired) electrons. The molecule has 454 valence electrons. The Bertz CT molecular complexity index is 3160. The van der Waals surface area contributed by atoms with Gasteiger partial charge in [0.2, 0.25) is 0 Å². The monoisotopic (exact) mass is 1180 g/mol. The first-order valence-corrected chi connectivity index (χ1v) is 30.1. The predicted octanol–water partition coefficient (Wildman–Crippen LogP) is 11.9. The Morgan fingerprint density at radius 3 is 1.05 bits per heavy atom. The maximum Gasteiger partial charge on any atom is 0.187 e. The summed E-state index contributed by atoms with van der Waals surface area (Å²) in [4.78, 5) is 0. The van der Waals surface area contributed by atoms with Gasteiger partial charge in [-0.2, -0.15) is 0 Å². The quantitative estimate of drug-likeness (QED) is 0.0475. The number of hydrogen-bond donors (Lipinski definition) is 1. The molecule has 0 spiro atoms. The molecule has 8 aromatic rings. The van der Waals surface area contributed by atoms with Crippen molar-refractivity contribution in [2.45, 2.75) is 146 Å². The van der Waals surface area contributed by atoms with Crippen molar-refractivity contribution < 1.29 is 66.7 Å². The van der Waals surface area contributed by atoms with Crippen molar-refractivity contribution in [3.05, 3.63) is 287 Å². The van der Waals surface area contributed by atoms with Crippen LogP contribution < -0.4 is 0 Å². The van der Waals surface area contributed by atoms with E-state index in [2.05, 4.69) is 0 Å². The fraction of sp³-hybridized carbons (Fsp3) is 0.342. The summed E-state index contributed by atoms with van der Waals surface area (Å²) in [5.74, 6) is 0. The molecular formula is C73H78O14. The van der Waals surface area contributed by atoms with Gasteiger partial charge in [0.15, 0.2) is 18.9 Å². The summed E-state index contributed by atoms with van der Waals surface area (Å²) in [6.45, 7) is 3.74. The fourth-order valence-corrected chi connectivity index (χ4v) is 11.1. The number of benzene rings is 8. The Balaban J connectivity index is 1.00. The first-order chi connectivity index (χ1) is 43.0. The Morgan fingerprint density at radius 2 is 0.632 bits per heavy atom. The third-order valence-electron chi connectivity index (χ3n) is 15.7. The summed E-state index contributed by atoms with van der Waals surface area (Å²) in [7, 11) is 0. The zero-order chi connectivity index (χ0) is 59.2. The van der Waals surface area contributed by atoms with Crippen LogP contribution in [0.15, 0.2) is 243 Å².